The molecule has 1 N–H and O–H groups in total. The third kappa shape index (κ3) is 3.28. The minimum absolute atomic E-state index is 0.650. The first-order valence-electron chi connectivity index (χ1n) is 6.07. The number of piperidine rings is 1. The maximum absolute atomic E-state index is 5.10. The minimum Gasteiger partial charge on any atom is -0.338 e. The predicted molar refractivity (Wildman–Crippen MR) is 61.1 cm³/mol. The zero-order valence-corrected chi connectivity index (χ0v) is 9.91. The molecule has 2 heterocycles. The van der Waals surface area contributed by atoms with E-state index in [-0.39, 0.29) is 0 Å². The number of aromatic nitrogens is 2. The summed E-state index contributed by atoms with van der Waals surface area (Å²) in [6.07, 6.45) is 4.94. The van der Waals surface area contributed by atoms with E-state index in [9.17, 15) is 0 Å². The van der Waals surface area contributed by atoms with Crippen LogP contribution in [0.25, 0.3) is 0 Å². The van der Waals surface area contributed by atoms with Gasteiger partial charge in [0.05, 0.1) is 6.54 Å². The quantitative estimate of drug-likeness (QED) is 0.802. The fourth-order valence-corrected chi connectivity index (χ4v) is 2.06. The first-order chi connectivity index (χ1) is 7.88. The third-order valence-electron chi connectivity index (χ3n) is 2.94. The standard InChI is InChI=1S/C11H20N4O/c1-12-9-11-13-10(14-16-11)5-8-15-6-3-2-4-7-15/h12H,2-9H2,1H3. The molecule has 1 aliphatic rings. The first kappa shape index (κ1) is 11.5. The number of hydrogen-bond donors (Lipinski definition) is 1. The first-order valence-corrected chi connectivity index (χ1v) is 6.07. The van der Waals surface area contributed by atoms with E-state index in [0.717, 1.165) is 18.8 Å². The summed E-state index contributed by atoms with van der Waals surface area (Å²) in [6.45, 7) is 4.15. The molecule has 0 amide bonds. The molecule has 0 atom stereocenters. The van der Waals surface area contributed by atoms with Crippen molar-refractivity contribution in [2.45, 2.75) is 32.2 Å². The molecule has 0 aromatic carbocycles. The zero-order valence-electron chi connectivity index (χ0n) is 9.91. The van der Waals surface area contributed by atoms with E-state index in [0.29, 0.717) is 12.4 Å². The Morgan fingerprint density at radius 1 is 1.31 bits per heavy atom. The van der Waals surface area contributed by atoms with Gasteiger partial charge in [0.2, 0.25) is 5.89 Å². The van der Waals surface area contributed by atoms with Crippen molar-refractivity contribution in [2.24, 2.45) is 0 Å². The smallest absolute Gasteiger partial charge is 0.240 e. The second kappa shape index (κ2) is 5.96. The van der Waals surface area contributed by atoms with E-state index in [1.54, 1.807) is 0 Å². The largest absolute Gasteiger partial charge is 0.338 e. The molecule has 1 aliphatic heterocycles. The highest BCUT2D eigenvalue weighted by molar-refractivity contribution is 4.87. The van der Waals surface area contributed by atoms with Gasteiger partial charge in [0.1, 0.15) is 0 Å². The minimum atomic E-state index is 0.650. The Kier molecular flexibility index (Phi) is 4.30. The van der Waals surface area contributed by atoms with Gasteiger partial charge in [-0.3, -0.25) is 0 Å². The van der Waals surface area contributed by atoms with Gasteiger partial charge in [0.25, 0.3) is 0 Å². The predicted octanol–water partition coefficient (Wildman–Crippen LogP) is 0.817. The lowest BCUT2D eigenvalue weighted by atomic mass is 10.1. The van der Waals surface area contributed by atoms with Gasteiger partial charge in [0.15, 0.2) is 5.82 Å². The van der Waals surface area contributed by atoms with Gasteiger partial charge in [-0.15, -0.1) is 0 Å². The van der Waals surface area contributed by atoms with Crippen LogP contribution < -0.4 is 5.32 Å². The average Bonchev–Trinajstić information content (AvgIpc) is 2.76. The molecule has 0 saturated carbocycles. The van der Waals surface area contributed by atoms with Crippen LogP contribution in [0.5, 0.6) is 0 Å². The average molecular weight is 224 g/mol. The molecule has 0 radical (unpaired) electrons. The highest BCUT2D eigenvalue weighted by atomic mass is 16.5. The van der Waals surface area contributed by atoms with Crippen LogP contribution in [-0.2, 0) is 13.0 Å². The Morgan fingerprint density at radius 2 is 2.12 bits per heavy atom. The van der Waals surface area contributed by atoms with E-state index in [1.165, 1.54) is 32.4 Å². The van der Waals surface area contributed by atoms with Crippen molar-refractivity contribution in [1.29, 1.82) is 0 Å². The Labute approximate surface area is 96.2 Å². The molecule has 16 heavy (non-hydrogen) atoms. The fraction of sp³-hybridized carbons (Fsp3) is 0.818. The van der Waals surface area contributed by atoms with Crippen LogP contribution in [0, 0.1) is 0 Å². The number of nitrogens with zero attached hydrogens (tertiary/aromatic N) is 3. The Bertz CT molecular complexity index is 307. The van der Waals surface area contributed by atoms with Gasteiger partial charge in [-0.1, -0.05) is 11.6 Å². The molecule has 0 bridgehead atoms. The lowest BCUT2D eigenvalue weighted by Crippen LogP contribution is -2.31. The normalized spacial score (nSPS) is 17.8. The lowest BCUT2D eigenvalue weighted by Gasteiger charge is -2.25. The van der Waals surface area contributed by atoms with Gasteiger partial charge in [-0.05, 0) is 33.0 Å². The number of hydrogen-bond acceptors (Lipinski definition) is 5. The van der Waals surface area contributed by atoms with Crippen LogP contribution >= 0.6 is 0 Å². The maximum atomic E-state index is 5.10. The van der Waals surface area contributed by atoms with Crippen LogP contribution in [0.1, 0.15) is 31.0 Å². The van der Waals surface area contributed by atoms with E-state index in [1.807, 2.05) is 7.05 Å². The van der Waals surface area contributed by atoms with Crippen molar-refractivity contribution in [3.63, 3.8) is 0 Å². The number of rotatable bonds is 5. The Morgan fingerprint density at radius 3 is 2.88 bits per heavy atom. The van der Waals surface area contributed by atoms with Crippen LogP contribution in [0.3, 0.4) is 0 Å². The number of nitrogens with one attached hydrogen (secondary N) is 1. The highest BCUT2D eigenvalue weighted by Crippen LogP contribution is 2.09. The van der Waals surface area contributed by atoms with E-state index < -0.39 is 0 Å². The molecule has 90 valence electrons. The SMILES string of the molecule is CNCc1nc(CCN2CCCCC2)no1. The Hall–Kier alpha value is -0.940. The summed E-state index contributed by atoms with van der Waals surface area (Å²) in [5, 5.41) is 6.96. The van der Waals surface area contributed by atoms with E-state index >= 15 is 0 Å². The monoisotopic (exact) mass is 224 g/mol. The van der Waals surface area contributed by atoms with Crippen molar-refractivity contribution in [3.8, 4) is 0 Å². The van der Waals surface area contributed by atoms with Gasteiger partial charge in [0, 0.05) is 13.0 Å². The molecule has 5 nitrogen and oxygen atoms in total. The summed E-state index contributed by atoms with van der Waals surface area (Å²) < 4.78 is 5.10. The number of likely N-dealkylation sites (tertiary alicyclic amines) is 1. The molecular weight excluding hydrogens is 204 g/mol. The molecule has 0 spiro atoms. The van der Waals surface area contributed by atoms with E-state index in [4.69, 9.17) is 4.52 Å². The van der Waals surface area contributed by atoms with Crippen molar-refractivity contribution >= 4 is 0 Å². The molecule has 1 aromatic heterocycles. The summed E-state index contributed by atoms with van der Waals surface area (Å²) in [6, 6.07) is 0. The summed E-state index contributed by atoms with van der Waals surface area (Å²) in [4.78, 5) is 6.80. The Balaban J connectivity index is 1.75. The molecule has 1 saturated heterocycles. The summed E-state index contributed by atoms with van der Waals surface area (Å²) in [5.74, 6) is 1.51. The van der Waals surface area contributed by atoms with Gasteiger partial charge < -0.3 is 14.7 Å². The third-order valence-corrected chi connectivity index (χ3v) is 2.94. The van der Waals surface area contributed by atoms with Crippen molar-refractivity contribution < 1.29 is 4.52 Å². The zero-order chi connectivity index (χ0) is 11.2. The summed E-state index contributed by atoms with van der Waals surface area (Å²) in [7, 11) is 1.87. The molecule has 2 rings (SSSR count). The van der Waals surface area contributed by atoms with Crippen LogP contribution in [0.4, 0.5) is 0 Å². The van der Waals surface area contributed by atoms with Gasteiger partial charge in [-0.25, -0.2) is 0 Å². The van der Waals surface area contributed by atoms with Crippen molar-refractivity contribution in [2.75, 3.05) is 26.7 Å². The second-order valence-electron chi connectivity index (χ2n) is 4.29. The van der Waals surface area contributed by atoms with E-state index in [2.05, 4.69) is 20.4 Å². The van der Waals surface area contributed by atoms with Crippen molar-refractivity contribution in [1.82, 2.24) is 20.4 Å². The summed E-state index contributed by atoms with van der Waals surface area (Å²) in [5.41, 5.74) is 0. The van der Waals surface area contributed by atoms with Crippen LogP contribution in [0.15, 0.2) is 4.52 Å². The summed E-state index contributed by atoms with van der Waals surface area (Å²) >= 11 is 0. The molecule has 1 fully saturated rings. The molecule has 5 heteroatoms. The van der Waals surface area contributed by atoms with Crippen LogP contribution in [-0.4, -0.2) is 41.7 Å². The molecule has 0 aliphatic carbocycles. The molecular formula is C11H20N4O. The molecule has 0 unspecified atom stereocenters. The second-order valence-corrected chi connectivity index (χ2v) is 4.29. The lowest BCUT2D eigenvalue weighted by molar-refractivity contribution is 0.229. The highest BCUT2D eigenvalue weighted by Gasteiger charge is 2.11. The van der Waals surface area contributed by atoms with Gasteiger partial charge in [-0.2, -0.15) is 4.98 Å². The fourth-order valence-electron chi connectivity index (χ4n) is 2.06. The van der Waals surface area contributed by atoms with Crippen molar-refractivity contribution in [3.05, 3.63) is 11.7 Å². The topological polar surface area (TPSA) is 54.2 Å². The van der Waals surface area contributed by atoms with Gasteiger partial charge >= 0.3 is 0 Å². The molecule has 1 aromatic rings. The van der Waals surface area contributed by atoms with Crippen LogP contribution in [0.2, 0.25) is 0 Å². The maximum Gasteiger partial charge on any atom is 0.240 e.